The van der Waals surface area contributed by atoms with Gasteiger partial charge in [-0.05, 0) is 37.6 Å². The van der Waals surface area contributed by atoms with Gasteiger partial charge in [0.1, 0.15) is 19.0 Å². The SMILES string of the molecule is Cc1noc(C)c1CN(C)C(=O)/C=C/c1ccc2c(c1)OCCO2. The zero-order valence-corrected chi connectivity index (χ0v) is 14.0. The Labute approximate surface area is 140 Å². The van der Waals surface area contributed by atoms with E-state index in [2.05, 4.69) is 5.16 Å². The number of carbonyl (C=O) groups is 1. The first kappa shape index (κ1) is 16.1. The van der Waals surface area contributed by atoms with Crippen molar-refractivity contribution < 1.29 is 18.8 Å². The number of benzene rings is 1. The summed E-state index contributed by atoms with van der Waals surface area (Å²) in [5, 5.41) is 3.91. The van der Waals surface area contributed by atoms with Gasteiger partial charge in [-0.25, -0.2) is 0 Å². The van der Waals surface area contributed by atoms with E-state index in [0.29, 0.717) is 25.5 Å². The number of aryl methyl sites for hydroxylation is 2. The van der Waals surface area contributed by atoms with Gasteiger partial charge >= 0.3 is 0 Å². The molecule has 0 saturated heterocycles. The molecule has 0 saturated carbocycles. The minimum absolute atomic E-state index is 0.0927. The van der Waals surface area contributed by atoms with Gasteiger partial charge in [-0.1, -0.05) is 11.2 Å². The molecule has 6 nitrogen and oxygen atoms in total. The molecule has 0 radical (unpaired) electrons. The van der Waals surface area contributed by atoms with E-state index in [1.54, 1.807) is 24.1 Å². The number of hydrogen-bond donors (Lipinski definition) is 0. The number of rotatable bonds is 4. The second kappa shape index (κ2) is 6.78. The number of aromatic nitrogens is 1. The number of fused-ring (bicyclic) bond motifs is 1. The molecule has 0 atom stereocenters. The van der Waals surface area contributed by atoms with Crippen LogP contribution in [-0.4, -0.2) is 36.2 Å². The second-order valence-electron chi connectivity index (χ2n) is 5.73. The molecule has 126 valence electrons. The number of hydrogen-bond acceptors (Lipinski definition) is 5. The molecule has 1 aromatic carbocycles. The lowest BCUT2D eigenvalue weighted by Gasteiger charge is -2.18. The zero-order valence-electron chi connectivity index (χ0n) is 14.0. The van der Waals surface area contributed by atoms with Crippen molar-refractivity contribution in [2.24, 2.45) is 0 Å². The second-order valence-corrected chi connectivity index (χ2v) is 5.73. The van der Waals surface area contributed by atoms with Gasteiger partial charge < -0.3 is 18.9 Å². The van der Waals surface area contributed by atoms with Crippen LogP contribution in [0.5, 0.6) is 11.5 Å². The molecule has 0 spiro atoms. The first-order valence-electron chi connectivity index (χ1n) is 7.79. The van der Waals surface area contributed by atoms with Gasteiger partial charge in [-0.3, -0.25) is 4.79 Å². The Kier molecular flexibility index (Phi) is 4.55. The van der Waals surface area contributed by atoms with Crippen molar-refractivity contribution in [3.63, 3.8) is 0 Å². The summed E-state index contributed by atoms with van der Waals surface area (Å²) in [6.07, 6.45) is 3.31. The highest BCUT2D eigenvalue weighted by atomic mass is 16.6. The monoisotopic (exact) mass is 328 g/mol. The quantitative estimate of drug-likeness (QED) is 0.808. The summed E-state index contributed by atoms with van der Waals surface area (Å²) in [4.78, 5) is 13.9. The fraction of sp³-hybridized carbons (Fsp3) is 0.333. The molecule has 1 amide bonds. The first-order valence-corrected chi connectivity index (χ1v) is 7.79. The summed E-state index contributed by atoms with van der Waals surface area (Å²) in [5.41, 5.74) is 2.64. The molecule has 2 aromatic rings. The first-order chi connectivity index (χ1) is 11.5. The van der Waals surface area contributed by atoms with Crippen LogP contribution in [0.2, 0.25) is 0 Å². The molecule has 1 aliphatic rings. The third-order valence-electron chi connectivity index (χ3n) is 3.94. The Bertz CT molecular complexity index is 760. The largest absolute Gasteiger partial charge is 0.486 e. The van der Waals surface area contributed by atoms with Gasteiger partial charge in [0, 0.05) is 18.7 Å². The third kappa shape index (κ3) is 3.42. The Morgan fingerprint density at radius 1 is 1.25 bits per heavy atom. The normalized spacial score (nSPS) is 13.3. The van der Waals surface area contributed by atoms with Crippen LogP contribution in [0.25, 0.3) is 6.08 Å². The van der Waals surface area contributed by atoms with Crippen molar-refractivity contribution in [2.45, 2.75) is 20.4 Å². The predicted molar refractivity (Wildman–Crippen MR) is 88.9 cm³/mol. The molecule has 0 unspecified atom stereocenters. The summed E-state index contributed by atoms with van der Waals surface area (Å²) in [7, 11) is 1.75. The van der Waals surface area contributed by atoms with Gasteiger partial charge in [0.2, 0.25) is 5.91 Å². The van der Waals surface area contributed by atoms with Crippen molar-refractivity contribution in [2.75, 3.05) is 20.3 Å². The fourth-order valence-corrected chi connectivity index (χ4v) is 2.50. The van der Waals surface area contributed by atoms with E-state index in [0.717, 1.165) is 28.3 Å². The van der Waals surface area contributed by atoms with Crippen LogP contribution in [0.3, 0.4) is 0 Å². The zero-order chi connectivity index (χ0) is 17.1. The molecular weight excluding hydrogens is 308 g/mol. The Balaban J connectivity index is 1.66. The van der Waals surface area contributed by atoms with E-state index in [-0.39, 0.29) is 5.91 Å². The molecule has 0 bridgehead atoms. The van der Waals surface area contributed by atoms with E-state index in [1.165, 1.54) is 0 Å². The Hall–Kier alpha value is -2.76. The minimum Gasteiger partial charge on any atom is -0.486 e. The van der Waals surface area contributed by atoms with Crippen LogP contribution >= 0.6 is 0 Å². The number of nitrogens with zero attached hydrogens (tertiary/aromatic N) is 2. The van der Waals surface area contributed by atoms with Crippen molar-refractivity contribution in [1.82, 2.24) is 10.1 Å². The number of ether oxygens (including phenoxy) is 2. The smallest absolute Gasteiger partial charge is 0.246 e. The maximum Gasteiger partial charge on any atom is 0.246 e. The summed E-state index contributed by atoms with van der Waals surface area (Å²) in [6.45, 7) is 5.28. The number of carbonyl (C=O) groups excluding carboxylic acids is 1. The Morgan fingerprint density at radius 3 is 2.71 bits per heavy atom. The van der Waals surface area contributed by atoms with E-state index in [9.17, 15) is 4.79 Å². The molecule has 3 rings (SSSR count). The van der Waals surface area contributed by atoms with Crippen LogP contribution < -0.4 is 9.47 Å². The van der Waals surface area contributed by atoms with Crippen molar-refractivity contribution in [3.8, 4) is 11.5 Å². The number of amides is 1. The minimum atomic E-state index is -0.0927. The molecule has 24 heavy (non-hydrogen) atoms. The summed E-state index contributed by atoms with van der Waals surface area (Å²) in [6, 6.07) is 5.62. The van der Waals surface area contributed by atoms with Gasteiger partial charge in [0.15, 0.2) is 11.5 Å². The van der Waals surface area contributed by atoms with Gasteiger partial charge in [0.25, 0.3) is 0 Å². The van der Waals surface area contributed by atoms with Crippen LogP contribution in [0.4, 0.5) is 0 Å². The molecule has 6 heteroatoms. The van der Waals surface area contributed by atoms with E-state index >= 15 is 0 Å². The standard InChI is InChI=1S/C18H20N2O4/c1-12-15(13(2)24-19-12)11-20(3)18(21)7-5-14-4-6-16-17(10-14)23-9-8-22-16/h4-7,10H,8-9,11H2,1-3H3/b7-5+. The lowest BCUT2D eigenvalue weighted by Crippen LogP contribution is -2.24. The highest BCUT2D eigenvalue weighted by Gasteiger charge is 2.14. The van der Waals surface area contributed by atoms with E-state index in [1.807, 2.05) is 32.0 Å². The molecule has 1 aliphatic heterocycles. The highest BCUT2D eigenvalue weighted by Crippen LogP contribution is 2.31. The summed E-state index contributed by atoms with van der Waals surface area (Å²) < 4.78 is 16.2. The summed E-state index contributed by atoms with van der Waals surface area (Å²) >= 11 is 0. The van der Waals surface area contributed by atoms with E-state index in [4.69, 9.17) is 14.0 Å². The molecule has 0 aliphatic carbocycles. The molecular formula is C18H20N2O4. The average molecular weight is 328 g/mol. The van der Waals surface area contributed by atoms with Gasteiger partial charge in [0.05, 0.1) is 12.2 Å². The van der Waals surface area contributed by atoms with Crippen molar-refractivity contribution in [3.05, 3.63) is 46.9 Å². The average Bonchev–Trinajstić information content (AvgIpc) is 2.91. The van der Waals surface area contributed by atoms with Crippen LogP contribution in [0.1, 0.15) is 22.6 Å². The maximum absolute atomic E-state index is 12.3. The van der Waals surface area contributed by atoms with E-state index < -0.39 is 0 Å². The van der Waals surface area contributed by atoms with Crippen LogP contribution in [0.15, 0.2) is 28.8 Å². The van der Waals surface area contributed by atoms with Crippen LogP contribution in [0, 0.1) is 13.8 Å². The van der Waals surface area contributed by atoms with Crippen molar-refractivity contribution >= 4 is 12.0 Å². The fourth-order valence-electron chi connectivity index (χ4n) is 2.50. The molecule has 0 fully saturated rings. The molecule has 2 heterocycles. The number of likely N-dealkylation sites (N-methyl/N-ethyl adjacent to an activating group) is 1. The summed E-state index contributed by atoms with van der Waals surface area (Å²) in [5.74, 6) is 2.09. The van der Waals surface area contributed by atoms with Gasteiger partial charge in [-0.15, -0.1) is 0 Å². The molecule has 1 aromatic heterocycles. The lowest BCUT2D eigenvalue weighted by molar-refractivity contribution is -0.125. The van der Waals surface area contributed by atoms with Crippen molar-refractivity contribution in [1.29, 1.82) is 0 Å². The Morgan fingerprint density at radius 2 is 2.00 bits per heavy atom. The predicted octanol–water partition coefficient (Wildman–Crippen LogP) is 2.73. The lowest BCUT2D eigenvalue weighted by atomic mass is 10.1. The van der Waals surface area contributed by atoms with Crippen LogP contribution in [-0.2, 0) is 11.3 Å². The molecule has 0 N–H and O–H groups in total. The third-order valence-corrected chi connectivity index (χ3v) is 3.94. The highest BCUT2D eigenvalue weighted by molar-refractivity contribution is 5.91. The maximum atomic E-state index is 12.3. The topological polar surface area (TPSA) is 64.8 Å². The van der Waals surface area contributed by atoms with Gasteiger partial charge in [-0.2, -0.15) is 0 Å².